The third-order valence-electron chi connectivity index (χ3n) is 4.30. The predicted molar refractivity (Wildman–Crippen MR) is 82.2 cm³/mol. The van der Waals surface area contributed by atoms with Gasteiger partial charge in [0.1, 0.15) is 5.82 Å². The molecule has 2 atom stereocenters. The van der Waals surface area contributed by atoms with Crippen molar-refractivity contribution in [2.75, 3.05) is 5.32 Å². The molecule has 0 amide bonds. The van der Waals surface area contributed by atoms with Crippen LogP contribution < -0.4 is 5.32 Å². The Labute approximate surface area is 130 Å². The van der Waals surface area contributed by atoms with Gasteiger partial charge in [0.25, 0.3) is 0 Å². The molecule has 2 heterocycles. The number of rotatable bonds is 1. The summed E-state index contributed by atoms with van der Waals surface area (Å²) in [4.78, 5) is 0. The van der Waals surface area contributed by atoms with Gasteiger partial charge in [-0.2, -0.15) is 18.3 Å². The van der Waals surface area contributed by atoms with Gasteiger partial charge in [-0.05, 0) is 22.4 Å². The first-order valence-electron chi connectivity index (χ1n) is 7.38. The average Bonchev–Trinajstić information content (AvgIpc) is 3.00. The number of nitrogens with zero attached hydrogens (tertiary/aromatic N) is 2. The summed E-state index contributed by atoms with van der Waals surface area (Å²) in [5.41, 5.74) is 0.852. The minimum absolute atomic E-state index is 0.0729. The third-order valence-corrected chi connectivity index (χ3v) is 4.30. The SMILES string of the molecule is FC(F)(F)[C@@H]1C[C@@H](c2ccc3ccccc3c2)Nc2ccnn21. The Balaban J connectivity index is 1.74. The lowest BCUT2D eigenvalue weighted by Gasteiger charge is -2.33. The number of hydrogen-bond acceptors (Lipinski definition) is 2. The lowest BCUT2D eigenvalue weighted by molar-refractivity contribution is -0.173. The van der Waals surface area contributed by atoms with Crippen molar-refractivity contribution < 1.29 is 13.2 Å². The molecule has 1 aliphatic rings. The highest BCUT2D eigenvalue weighted by molar-refractivity contribution is 5.83. The molecule has 6 heteroatoms. The zero-order valence-corrected chi connectivity index (χ0v) is 12.1. The van der Waals surface area contributed by atoms with Crippen LogP contribution in [0, 0.1) is 0 Å². The molecule has 4 rings (SSSR count). The molecule has 2 aromatic carbocycles. The van der Waals surface area contributed by atoms with Crippen molar-refractivity contribution in [3.05, 3.63) is 60.3 Å². The lowest BCUT2D eigenvalue weighted by atomic mass is 9.95. The van der Waals surface area contributed by atoms with E-state index in [9.17, 15) is 13.2 Å². The molecule has 0 bridgehead atoms. The molecule has 0 radical (unpaired) electrons. The van der Waals surface area contributed by atoms with Crippen molar-refractivity contribution in [2.45, 2.75) is 24.7 Å². The van der Waals surface area contributed by atoms with Crippen LogP contribution in [0.25, 0.3) is 10.8 Å². The van der Waals surface area contributed by atoms with Crippen LogP contribution in [0.5, 0.6) is 0 Å². The molecule has 3 nitrogen and oxygen atoms in total. The topological polar surface area (TPSA) is 29.9 Å². The van der Waals surface area contributed by atoms with E-state index >= 15 is 0 Å². The fourth-order valence-corrected chi connectivity index (χ4v) is 3.15. The minimum atomic E-state index is -4.32. The number of halogens is 3. The van der Waals surface area contributed by atoms with Gasteiger partial charge >= 0.3 is 6.18 Å². The maximum Gasteiger partial charge on any atom is 0.410 e. The van der Waals surface area contributed by atoms with Gasteiger partial charge in [-0.1, -0.05) is 36.4 Å². The second-order valence-electron chi connectivity index (χ2n) is 5.76. The van der Waals surface area contributed by atoms with E-state index in [0.29, 0.717) is 5.82 Å². The molecule has 1 aromatic heterocycles. The summed E-state index contributed by atoms with van der Waals surface area (Å²) in [7, 11) is 0. The van der Waals surface area contributed by atoms with E-state index in [2.05, 4.69) is 10.4 Å². The zero-order valence-electron chi connectivity index (χ0n) is 12.1. The van der Waals surface area contributed by atoms with E-state index in [4.69, 9.17) is 0 Å². The van der Waals surface area contributed by atoms with Crippen molar-refractivity contribution in [1.82, 2.24) is 9.78 Å². The largest absolute Gasteiger partial charge is 0.410 e. The fourth-order valence-electron chi connectivity index (χ4n) is 3.15. The Kier molecular flexibility index (Phi) is 3.07. The molecule has 0 fully saturated rings. The number of benzene rings is 2. The molecular formula is C17H14F3N3. The Hall–Kier alpha value is -2.50. The third kappa shape index (κ3) is 2.44. The van der Waals surface area contributed by atoms with Crippen molar-refractivity contribution in [1.29, 1.82) is 0 Å². The maximum atomic E-state index is 13.4. The van der Waals surface area contributed by atoms with Gasteiger partial charge in [0, 0.05) is 12.5 Å². The van der Waals surface area contributed by atoms with Crippen molar-refractivity contribution in [2.24, 2.45) is 0 Å². The Morgan fingerprint density at radius 1 is 1.04 bits per heavy atom. The first kappa shape index (κ1) is 14.1. The van der Waals surface area contributed by atoms with Gasteiger partial charge in [-0.3, -0.25) is 0 Å². The molecule has 1 aliphatic heterocycles. The van der Waals surface area contributed by atoms with Gasteiger partial charge in [0.05, 0.1) is 12.2 Å². The maximum absolute atomic E-state index is 13.4. The van der Waals surface area contributed by atoms with Gasteiger partial charge in [-0.15, -0.1) is 0 Å². The van der Waals surface area contributed by atoms with E-state index in [1.165, 1.54) is 6.20 Å². The average molecular weight is 317 g/mol. The second kappa shape index (κ2) is 5.01. The van der Waals surface area contributed by atoms with Crippen LogP contribution in [0.3, 0.4) is 0 Å². The summed E-state index contributed by atoms with van der Waals surface area (Å²) in [6.07, 6.45) is -3.00. The van der Waals surface area contributed by atoms with Crippen LogP contribution in [-0.2, 0) is 0 Å². The minimum Gasteiger partial charge on any atom is -0.363 e. The standard InChI is InChI=1S/C17H14F3N3/c18-17(19,20)15-10-14(22-16-7-8-21-23(15)16)13-6-5-11-3-1-2-4-12(11)9-13/h1-9,14-15,22H,10H2/t14-,15-/m0/s1. The number of anilines is 1. The van der Waals surface area contributed by atoms with Crippen LogP contribution in [0.2, 0.25) is 0 Å². The second-order valence-corrected chi connectivity index (χ2v) is 5.76. The van der Waals surface area contributed by atoms with E-state index in [0.717, 1.165) is 21.0 Å². The summed E-state index contributed by atoms with van der Waals surface area (Å²) >= 11 is 0. The molecule has 0 aliphatic carbocycles. The van der Waals surface area contributed by atoms with E-state index in [1.54, 1.807) is 6.07 Å². The molecule has 118 valence electrons. The summed E-state index contributed by atoms with van der Waals surface area (Å²) in [6, 6.07) is 13.2. The smallest absolute Gasteiger partial charge is 0.363 e. The molecule has 23 heavy (non-hydrogen) atoms. The zero-order chi connectivity index (χ0) is 16.0. The predicted octanol–water partition coefficient (Wildman–Crippen LogP) is 4.70. The van der Waals surface area contributed by atoms with E-state index in [1.807, 2.05) is 42.5 Å². The number of nitrogens with one attached hydrogen (secondary N) is 1. The number of alkyl halides is 3. The van der Waals surface area contributed by atoms with Crippen LogP contribution in [-0.4, -0.2) is 16.0 Å². The van der Waals surface area contributed by atoms with Crippen LogP contribution in [0.1, 0.15) is 24.1 Å². The number of aromatic nitrogens is 2. The monoisotopic (exact) mass is 317 g/mol. The molecule has 0 saturated heterocycles. The van der Waals surface area contributed by atoms with Gasteiger partial charge < -0.3 is 5.32 Å². The molecular weight excluding hydrogens is 303 g/mol. The highest BCUT2D eigenvalue weighted by atomic mass is 19.4. The lowest BCUT2D eigenvalue weighted by Crippen LogP contribution is -2.35. The molecule has 3 aromatic rings. The first-order valence-corrected chi connectivity index (χ1v) is 7.38. The summed E-state index contributed by atoms with van der Waals surface area (Å²) in [6.45, 7) is 0. The summed E-state index contributed by atoms with van der Waals surface area (Å²) in [5, 5.41) is 9.07. The van der Waals surface area contributed by atoms with Crippen LogP contribution in [0.15, 0.2) is 54.7 Å². The molecule has 0 spiro atoms. The Morgan fingerprint density at radius 3 is 2.61 bits per heavy atom. The Morgan fingerprint density at radius 2 is 1.83 bits per heavy atom. The van der Waals surface area contributed by atoms with Crippen LogP contribution in [0.4, 0.5) is 19.0 Å². The van der Waals surface area contributed by atoms with E-state index in [-0.39, 0.29) is 6.42 Å². The number of hydrogen-bond donors (Lipinski definition) is 1. The van der Waals surface area contributed by atoms with E-state index < -0.39 is 18.3 Å². The summed E-state index contributed by atoms with van der Waals surface area (Å²) < 4.78 is 41.1. The first-order chi connectivity index (χ1) is 11.0. The molecule has 0 saturated carbocycles. The number of fused-ring (bicyclic) bond motifs is 2. The highest BCUT2D eigenvalue weighted by Gasteiger charge is 2.46. The normalized spacial score (nSPS) is 21.0. The summed E-state index contributed by atoms with van der Waals surface area (Å²) in [5.74, 6) is 0.400. The van der Waals surface area contributed by atoms with Crippen molar-refractivity contribution in [3.63, 3.8) is 0 Å². The van der Waals surface area contributed by atoms with Crippen molar-refractivity contribution in [3.8, 4) is 0 Å². The van der Waals surface area contributed by atoms with Gasteiger partial charge in [0.2, 0.25) is 0 Å². The molecule has 1 N–H and O–H groups in total. The quantitative estimate of drug-likeness (QED) is 0.705. The fraction of sp³-hybridized carbons (Fsp3) is 0.235. The highest BCUT2D eigenvalue weighted by Crippen LogP contribution is 2.43. The van der Waals surface area contributed by atoms with Gasteiger partial charge in [0.15, 0.2) is 6.04 Å². The van der Waals surface area contributed by atoms with Gasteiger partial charge in [-0.25, -0.2) is 4.68 Å². The van der Waals surface area contributed by atoms with Crippen molar-refractivity contribution >= 4 is 16.6 Å². The van der Waals surface area contributed by atoms with Crippen LogP contribution >= 0.6 is 0 Å². The molecule has 0 unspecified atom stereocenters. The Bertz CT molecular complexity index is 853.